The fraction of sp³-hybridized carbons (Fsp3) is 0.600. The second-order valence-electron chi connectivity index (χ2n) is 3.56. The molecule has 2 nitrogen and oxygen atoms in total. The zero-order valence-electron chi connectivity index (χ0n) is 8.29. The average molecular weight is 311 g/mol. The molecule has 0 amide bonds. The number of morpholine rings is 1. The maximum absolute atomic E-state index is 5.91. The average Bonchev–Trinajstić information content (AvgIpc) is 2.65. The first-order valence-electron chi connectivity index (χ1n) is 4.91. The Labute approximate surface area is 107 Å². The van der Waals surface area contributed by atoms with Crippen molar-refractivity contribution in [1.82, 2.24) is 4.90 Å². The Morgan fingerprint density at radius 3 is 3.13 bits per heavy atom. The molecule has 5 heteroatoms. The highest BCUT2D eigenvalue weighted by Gasteiger charge is 2.22. The lowest BCUT2D eigenvalue weighted by molar-refractivity contribution is -0.00166. The van der Waals surface area contributed by atoms with Crippen LogP contribution in [0.4, 0.5) is 0 Å². The monoisotopic (exact) mass is 309 g/mol. The van der Waals surface area contributed by atoms with E-state index in [0.29, 0.717) is 6.04 Å². The molecule has 0 radical (unpaired) electrons. The molecular weight excluding hydrogens is 298 g/mol. The lowest BCUT2D eigenvalue weighted by Gasteiger charge is -2.34. The fourth-order valence-corrected chi connectivity index (χ4v) is 3.39. The lowest BCUT2D eigenvalue weighted by Crippen LogP contribution is -2.45. The minimum Gasteiger partial charge on any atom is -0.378 e. The molecule has 1 aliphatic rings. The summed E-state index contributed by atoms with van der Waals surface area (Å²) in [5, 5.41) is 0.964. The summed E-state index contributed by atoms with van der Waals surface area (Å²) in [7, 11) is 0. The molecule has 84 valence electrons. The van der Waals surface area contributed by atoms with E-state index in [1.807, 2.05) is 6.07 Å². The van der Waals surface area contributed by atoms with E-state index < -0.39 is 0 Å². The second-order valence-corrected chi connectivity index (χ2v) is 6.01. The van der Waals surface area contributed by atoms with E-state index in [1.54, 1.807) is 11.3 Å². The van der Waals surface area contributed by atoms with Crippen LogP contribution in [-0.2, 0) is 11.3 Å². The summed E-state index contributed by atoms with van der Waals surface area (Å²) in [6, 6.07) is 4.55. The Balaban J connectivity index is 1.97. The van der Waals surface area contributed by atoms with Crippen molar-refractivity contribution in [1.29, 1.82) is 0 Å². The standard InChI is InChI=1S/C10H13BrClNOS/c11-5-8-7-14-4-3-13(8)6-9-1-2-10(12)15-9/h1-2,8H,3-7H2. The van der Waals surface area contributed by atoms with Crippen LogP contribution in [0.25, 0.3) is 0 Å². The maximum atomic E-state index is 5.91. The molecule has 0 bridgehead atoms. The lowest BCUT2D eigenvalue weighted by atomic mass is 10.2. The fourth-order valence-electron chi connectivity index (χ4n) is 1.68. The van der Waals surface area contributed by atoms with E-state index in [4.69, 9.17) is 16.3 Å². The van der Waals surface area contributed by atoms with Crippen molar-refractivity contribution in [3.8, 4) is 0 Å². The molecule has 1 aromatic rings. The van der Waals surface area contributed by atoms with Gasteiger partial charge in [0.05, 0.1) is 17.6 Å². The first-order valence-corrected chi connectivity index (χ1v) is 7.23. The molecule has 1 unspecified atom stereocenters. The van der Waals surface area contributed by atoms with E-state index in [9.17, 15) is 0 Å². The summed E-state index contributed by atoms with van der Waals surface area (Å²) in [6.07, 6.45) is 0. The largest absolute Gasteiger partial charge is 0.378 e. The Bertz CT molecular complexity index is 320. The molecule has 1 aliphatic heterocycles. The Morgan fingerprint density at radius 1 is 1.60 bits per heavy atom. The number of alkyl halides is 1. The van der Waals surface area contributed by atoms with Crippen molar-refractivity contribution in [2.75, 3.05) is 25.1 Å². The molecule has 0 spiro atoms. The molecule has 1 fully saturated rings. The van der Waals surface area contributed by atoms with Crippen molar-refractivity contribution in [2.45, 2.75) is 12.6 Å². The van der Waals surface area contributed by atoms with Crippen LogP contribution in [0.1, 0.15) is 4.88 Å². The van der Waals surface area contributed by atoms with Crippen LogP contribution >= 0.6 is 38.9 Å². The van der Waals surface area contributed by atoms with Gasteiger partial charge in [-0.15, -0.1) is 11.3 Å². The molecule has 2 heterocycles. The van der Waals surface area contributed by atoms with Gasteiger partial charge >= 0.3 is 0 Å². The number of hydrogen-bond acceptors (Lipinski definition) is 3. The Morgan fingerprint density at radius 2 is 2.47 bits per heavy atom. The number of thiophene rings is 1. The van der Waals surface area contributed by atoms with Crippen molar-refractivity contribution in [3.05, 3.63) is 21.3 Å². The molecule has 15 heavy (non-hydrogen) atoms. The quantitative estimate of drug-likeness (QED) is 0.796. The van der Waals surface area contributed by atoms with Gasteiger partial charge in [-0.05, 0) is 12.1 Å². The molecule has 2 rings (SSSR count). The number of rotatable bonds is 3. The Kier molecular flexibility index (Phi) is 4.46. The minimum atomic E-state index is 0.486. The third-order valence-electron chi connectivity index (χ3n) is 2.52. The van der Waals surface area contributed by atoms with Gasteiger partial charge in [-0.25, -0.2) is 0 Å². The van der Waals surface area contributed by atoms with E-state index in [1.165, 1.54) is 4.88 Å². The van der Waals surface area contributed by atoms with Crippen molar-refractivity contribution in [3.63, 3.8) is 0 Å². The first kappa shape index (κ1) is 11.9. The highest BCUT2D eigenvalue weighted by Crippen LogP contribution is 2.24. The maximum Gasteiger partial charge on any atom is 0.0931 e. The summed E-state index contributed by atoms with van der Waals surface area (Å²) in [6.45, 7) is 3.65. The molecule has 1 saturated heterocycles. The van der Waals surface area contributed by atoms with Gasteiger partial charge < -0.3 is 4.74 Å². The van der Waals surface area contributed by atoms with Crippen LogP contribution in [-0.4, -0.2) is 36.0 Å². The van der Waals surface area contributed by atoms with Crippen molar-refractivity contribution < 1.29 is 4.74 Å². The molecule has 0 saturated carbocycles. The number of halogens is 2. The van der Waals surface area contributed by atoms with Crippen LogP contribution in [0.2, 0.25) is 4.34 Å². The first-order chi connectivity index (χ1) is 7.29. The number of ether oxygens (including phenoxy) is 1. The third-order valence-corrected chi connectivity index (χ3v) is 4.48. The predicted octanol–water partition coefficient (Wildman–Crippen LogP) is 3.00. The van der Waals surface area contributed by atoms with E-state index in [2.05, 4.69) is 26.9 Å². The van der Waals surface area contributed by atoms with Crippen LogP contribution in [0.5, 0.6) is 0 Å². The molecular formula is C10H13BrClNOS. The van der Waals surface area contributed by atoms with Gasteiger partial charge in [0.2, 0.25) is 0 Å². The molecule has 0 aliphatic carbocycles. The zero-order valence-corrected chi connectivity index (χ0v) is 11.4. The highest BCUT2D eigenvalue weighted by atomic mass is 79.9. The molecule has 1 aromatic heterocycles. The van der Waals surface area contributed by atoms with Gasteiger partial charge in [-0.2, -0.15) is 0 Å². The van der Waals surface area contributed by atoms with E-state index in [0.717, 1.165) is 36.0 Å². The Hall–Kier alpha value is 0.390. The van der Waals surface area contributed by atoms with Gasteiger partial charge in [0.1, 0.15) is 0 Å². The summed E-state index contributed by atoms with van der Waals surface area (Å²) in [5.41, 5.74) is 0. The summed E-state index contributed by atoms with van der Waals surface area (Å²) < 4.78 is 6.32. The van der Waals surface area contributed by atoms with Gasteiger partial charge in [0.15, 0.2) is 0 Å². The van der Waals surface area contributed by atoms with Crippen molar-refractivity contribution >= 4 is 38.9 Å². The summed E-state index contributed by atoms with van der Waals surface area (Å²) in [5.74, 6) is 0. The van der Waals surface area contributed by atoms with Gasteiger partial charge in [0.25, 0.3) is 0 Å². The van der Waals surface area contributed by atoms with E-state index >= 15 is 0 Å². The highest BCUT2D eigenvalue weighted by molar-refractivity contribution is 9.09. The normalized spacial score (nSPS) is 23.2. The SMILES string of the molecule is Clc1ccc(CN2CCOCC2CBr)s1. The van der Waals surface area contributed by atoms with Crippen LogP contribution < -0.4 is 0 Å². The molecule has 0 N–H and O–H groups in total. The van der Waals surface area contributed by atoms with Gasteiger partial charge in [-0.1, -0.05) is 27.5 Å². The number of nitrogens with zero attached hydrogens (tertiary/aromatic N) is 1. The molecule has 1 atom stereocenters. The smallest absolute Gasteiger partial charge is 0.0931 e. The topological polar surface area (TPSA) is 12.5 Å². The predicted molar refractivity (Wildman–Crippen MR) is 68.1 cm³/mol. The minimum absolute atomic E-state index is 0.486. The van der Waals surface area contributed by atoms with Crippen LogP contribution in [0.3, 0.4) is 0 Å². The summed E-state index contributed by atoms with van der Waals surface area (Å²) in [4.78, 5) is 3.77. The molecule has 0 aromatic carbocycles. The number of hydrogen-bond donors (Lipinski definition) is 0. The van der Waals surface area contributed by atoms with E-state index in [-0.39, 0.29) is 0 Å². The van der Waals surface area contributed by atoms with Crippen molar-refractivity contribution in [2.24, 2.45) is 0 Å². The second kappa shape index (κ2) is 5.64. The zero-order chi connectivity index (χ0) is 10.7. The third kappa shape index (κ3) is 3.17. The van der Waals surface area contributed by atoms with Gasteiger partial charge in [-0.3, -0.25) is 4.90 Å². The van der Waals surface area contributed by atoms with Gasteiger partial charge in [0, 0.05) is 29.3 Å². The van der Waals surface area contributed by atoms with Crippen LogP contribution in [0, 0.1) is 0 Å². The van der Waals surface area contributed by atoms with Crippen LogP contribution in [0.15, 0.2) is 12.1 Å². The summed E-state index contributed by atoms with van der Waals surface area (Å²) >= 11 is 11.1.